The van der Waals surface area contributed by atoms with Crippen molar-refractivity contribution in [2.75, 3.05) is 0 Å². The molecule has 4 rings (SSSR count). The molecule has 3 heterocycles. The zero-order valence-corrected chi connectivity index (χ0v) is 14.2. The second-order valence-corrected chi connectivity index (χ2v) is 7.01. The molecule has 0 unspecified atom stereocenters. The van der Waals surface area contributed by atoms with Gasteiger partial charge in [-0.15, -0.1) is 22.7 Å². The Morgan fingerprint density at radius 2 is 2.00 bits per heavy atom. The van der Waals surface area contributed by atoms with Crippen molar-refractivity contribution in [3.05, 3.63) is 58.4 Å². The SMILES string of the molecule is CCc1ccc(-c2csc3nc(-c4cccs4)c(C=O)n23)cc1. The summed E-state index contributed by atoms with van der Waals surface area (Å²) in [6.07, 6.45) is 1.93. The van der Waals surface area contributed by atoms with E-state index in [9.17, 15) is 4.79 Å². The quantitative estimate of drug-likeness (QED) is 0.481. The summed E-state index contributed by atoms with van der Waals surface area (Å²) in [5.74, 6) is 0. The lowest BCUT2D eigenvalue weighted by Crippen LogP contribution is -1.93. The third-order valence-electron chi connectivity index (χ3n) is 3.92. The van der Waals surface area contributed by atoms with E-state index in [1.165, 1.54) is 5.56 Å². The van der Waals surface area contributed by atoms with Crippen LogP contribution in [0.4, 0.5) is 0 Å². The van der Waals surface area contributed by atoms with Crippen LogP contribution in [0.2, 0.25) is 0 Å². The summed E-state index contributed by atoms with van der Waals surface area (Å²) in [4.78, 5) is 18.3. The van der Waals surface area contributed by atoms with E-state index >= 15 is 0 Å². The Labute approximate surface area is 141 Å². The lowest BCUT2D eigenvalue weighted by molar-refractivity contribution is 0.111. The van der Waals surface area contributed by atoms with Gasteiger partial charge in [0.15, 0.2) is 11.2 Å². The maximum absolute atomic E-state index is 11.7. The van der Waals surface area contributed by atoms with Crippen molar-refractivity contribution in [3.63, 3.8) is 0 Å². The van der Waals surface area contributed by atoms with Crippen molar-refractivity contribution in [3.8, 4) is 21.8 Å². The minimum absolute atomic E-state index is 0.623. The summed E-state index contributed by atoms with van der Waals surface area (Å²) in [5, 5.41) is 4.07. The molecular weight excluding hydrogens is 324 g/mol. The van der Waals surface area contributed by atoms with Crippen LogP contribution in [0.1, 0.15) is 23.0 Å². The number of imidazole rings is 1. The number of aldehydes is 1. The number of aryl methyl sites for hydroxylation is 1. The summed E-state index contributed by atoms with van der Waals surface area (Å²) in [7, 11) is 0. The highest BCUT2D eigenvalue weighted by molar-refractivity contribution is 7.15. The highest BCUT2D eigenvalue weighted by Crippen LogP contribution is 2.33. The van der Waals surface area contributed by atoms with Crippen molar-refractivity contribution in [2.24, 2.45) is 0 Å². The molecule has 5 heteroatoms. The molecule has 3 nitrogen and oxygen atoms in total. The van der Waals surface area contributed by atoms with Gasteiger partial charge in [0.1, 0.15) is 11.4 Å². The van der Waals surface area contributed by atoms with Crippen LogP contribution in [-0.4, -0.2) is 15.7 Å². The van der Waals surface area contributed by atoms with Crippen LogP contribution < -0.4 is 0 Å². The van der Waals surface area contributed by atoms with E-state index in [0.717, 1.165) is 39.5 Å². The molecule has 0 bridgehead atoms. The van der Waals surface area contributed by atoms with Crippen molar-refractivity contribution >= 4 is 33.9 Å². The van der Waals surface area contributed by atoms with Crippen molar-refractivity contribution in [2.45, 2.75) is 13.3 Å². The molecule has 0 amide bonds. The molecule has 0 aliphatic heterocycles. The Bertz CT molecular complexity index is 963. The van der Waals surface area contributed by atoms with E-state index in [0.29, 0.717) is 5.69 Å². The average molecular weight is 338 g/mol. The molecule has 4 aromatic rings. The number of thiophene rings is 1. The van der Waals surface area contributed by atoms with Gasteiger partial charge in [-0.2, -0.15) is 0 Å². The second kappa shape index (κ2) is 5.76. The normalized spacial score (nSPS) is 11.2. The van der Waals surface area contributed by atoms with Crippen LogP contribution >= 0.6 is 22.7 Å². The molecule has 0 spiro atoms. The first-order valence-corrected chi connectivity index (χ1v) is 9.16. The van der Waals surface area contributed by atoms with E-state index in [1.54, 1.807) is 22.7 Å². The average Bonchev–Trinajstić information content (AvgIpc) is 3.30. The lowest BCUT2D eigenvalue weighted by atomic mass is 10.1. The number of hydrogen-bond donors (Lipinski definition) is 0. The topological polar surface area (TPSA) is 34.4 Å². The number of carbonyl (C=O) groups excluding carboxylic acids is 1. The van der Waals surface area contributed by atoms with Gasteiger partial charge in [0.05, 0.1) is 10.6 Å². The largest absolute Gasteiger partial charge is 0.296 e. The zero-order chi connectivity index (χ0) is 15.8. The Morgan fingerprint density at radius 3 is 2.65 bits per heavy atom. The predicted molar refractivity (Wildman–Crippen MR) is 96.6 cm³/mol. The molecule has 0 radical (unpaired) electrons. The van der Waals surface area contributed by atoms with E-state index in [-0.39, 0.29) is 0 Å². The minimum atomic E-state index is 0.623. The number of thiazole rings is 1. The molecule has 0 atom stereocenters. The second-order valence-electron chi connectivity index (χ2n) is 5.23. The third kappa shape index (κ3) is 2.33. The summed E-state index contributed by atoms with van der Waals surface area (Å²) in [6, 6.07) is 12.5. The van der Waals surface area contributed by atoms with Gasteiger partial charge in [-0.3, -0.25) is 9.20 Å². The first-order chi connectivity index (χ1) is 11.3. The fourth-order valence-corrected chi connectivity index (χ4v) is 4.32. The van der Waals surface area contributed by atoms with E-state index in [1.807, 2.05) is 21.9 Å². The first kappa shape index (κ1) is 14.4. The molecule has 114 valence electrons. The third-order valence-corrected chi connectivity index (χ3v) is 5.63. The van der Waals surface area contributed by atoms with Crippen LogP contribution in [0.3, 0.4) is 0 Å². The number of aromatic nitrogens is 2. The number of nitrogens with zero attached hydrogens (tertiary/aromatic N) is 2. The maximum Gasteiger partial charge on any atom is 0.195 e. The Kier molecular flexibility index (Phi) is 3.59. The monoisotopic (exact) mass is 338 g/mol. The molecule has 3 aromatic heterocycles. The molecule has 23 heavy (non-hydrogen) atoms. The van der Waals surface area contributed by atoms with Crippen LogP contribution in [0.25, 0.3) is 26.8 Å². The minimum Gasteiger partial charge on any atom is -0.296 e. The molecule has 1 aromatic carbocycles. The van der Waals surface area contributed by atoms with Crippen molar-refractivity contribution in [1.82, 2.24) is 9.38 Å². The molecule has 0 saturated carbocycles. The highest BCUT2D eigenvalue weighted by atomic mass is 32.1. The molecule has 0 fully saturated rings. The van der Waals surface area contributed by atoms with Gasteiger partial charge in [0, 0.05) is 5.38 Å². The highest BCUT2D eigenvalue weighted by Gasteiger charge is 2.18. The van der Waals surface area contributed by atoms with Crippen LogP contribution in [-0.2, 0) is 6.42 Å². The molecule has 0 N–H and O–H groups in total. The van der Waals surface area contributed by atoms with Gasteiger partial charge in [0.2, 0.25) is 0 Å². The van der Waals surface area contributed by atoms with Gasteiger partial charge < -0.3 is 0 Å². The summed E-state index contributed by atoms with van der Waals surface area (Å²) in [5.41, 5.74) is 4.82. The molecule has 0 aliphatic carbocycles. The summed E-state index contributed by atoms with van der Waals surface area (Å²) < 4.78 is 1.97. The number of benzene rings is 1. The first-order valence-electron chi connectivity index (χ1n) is 7.40. The summed E-state index contributed by atoms with van der Waals surface area (Å²) in [6.45, 7) is 2.14. The lowest BCUT2D eigenvalue weighted by Gasteiger charge is -2.03. The van der Waals surface area contributed by atoms with Gasteiger partial charge in [0.25, 0.3) is 0 Å². The van der Waals surface area contributed by atoms with Gasteiger partial charge in [-0.25, -0.2) is 4.98 Å². The fraction of sp³-hybridized carbons (Fsp3) is 0.111. The van der Waals surface area contributed by atoms with Gasteiger partial charge >= 0.3 is 0 Å². The fourth-order valence-electron chi connectivity index (χ4n) is 2.70. The van der Waals surface area contributed by atoms with Crippen molar-refractivity contribution in [1.29, 1.82) is 0 Å². The van der Waals surface area contributed by atoms with Crippen molar-refractivity contribution < 1.29 is 4.79 Å². The number of fused-ring (bicyclic) bond motifs is 1. The Morgan fingerprint density at radius 1 is 1.17 bits per heavy atom. The summed E-state index contributed by atoms with van der Waals surface area (Å²) >= 11 is 3.16. The number of carbonyl (C=O) groups is 1. The number of hydrogen-bond acceptors (Lipinski definition) is 4. The van der Waals surface area contributed by atoms with E-state index < -0.39 is 0 Å². The van der Waals surface area contributed by atoms with Crippen LogP contribution in [0.15, 0.2) is 47.2 Å². The Hall–Kier alpha value is -2.24. The molecule has 0 saturated heterocycles. The smallest absolute Gasteiger partial charge is 0.195 e. The number of rotatable bonds is 4. The van der Waals surface area contributed by atoms with Gasteiger partial charge in [-0.05, 0) is 29.0 Å². The van der Waals surface area contributed by atoms with Crippen LogP contribution in [0.5, 0.6) is 0 Å². The van der Waals surface area contributed by atoms with Gasteiger partial charge in [-0.1, -0.05) is 37.3 Å². The standard InChI is InChI=1S/C18H14N2OS2/c1-2-12-5-7-13(8-6-12)15-11-23-18-19-17(14(10-21)20(15)18)16-4-3-9-22-16/h3-11H,2H2,1H3. The maximum atomic E-state index is 11.7. The van der Waals surface area contributed by atoms with E-state index in [2.05, 4.69) is 41.6 Å². The zero-order valence-electron chi connectivity index (χ0n) is 12.5. The Balaban J connectivity index is 1.92. The van der Waals surface area contributed by atoms with Crippen LogP contribution in [0, 0.1) is 0 Å². The molecular formula is C18H14N2OS2. The van der Waals surface area contributed by atoms with E-state index in [4.69, 9.17) is 0 Å². The predicted octanol–water partition coefficient (Wildman–Crippen LogP) is 5.17. The molecule has 0 aliphatic rings.